The Labute approximate surface area is 133 Å². The van der Waals surface area contributed by atoms with Gasteiger partial charge in [0.2, 0.25) is 0 Å². The Hall–Kier alpha value is -1.79. The van der Waals surface area contributed by atoms with E-state index >= 15 is 0 Å². The molecule has 0 radical (unpaired) electrons. The molecule has 1 fully saturated rings. The minimum atomic E-state index is -4.25. The molecule has 0 aromatic carbocycles. The molecule has 4 nitrogen and oxygen atoms in total. The van der Waals surface area contributed by atoms with E-state index in [1.54, 1.807) is 12.1 Å². The third kappa shape index (κ3) is 4.59. The Bertz CT molecular complexity index is 561. The van der Waals surface area contributed by atoms with Crippen LogP contribution in [0.15, 0.2) is 12.1 Å². The van der Waals surface area contributed by atoms with Crippen LogP contribution in [0.4, 0.5) is 13.2 Å². The smallest absolute Gasteiger partial charge is 0.393 e. The van der Waals surface area contributed by atoms with Gasteiger partial charge in [-0.1, -0.05) is 6.92 Å². The summed E-state index contributed by atoms with van der Waals surface area (Å²) in [6.07, 6.45) is -3.15. The number of aryl methyl sites for hydroxylation is 2. The van der Waals surface area contributed by atoms with E-state index in [0.29, 0.717) is 25.1 Å². The molecule has 2 rings (SSSR count). The number of rotatable bonds is 4. The van der Waals surface area contributed by atoms with Crippen molar-refractivity contribution in [2.75, 3.05) is 19.7 Å². The monoisotopic (exact) mass is 330 g/mol. The van der Waals surface area contributed by atoms with Crippen molar-refractivity contribution in [3.63, 3.8) is 0 Å². The van der Waals surface area contributed by atoms with Gasteiger partial charge in [0.15, 0.2) is 6.61 Å². The van der Waals surface area contributed by atoms with Crippen LogP contribution in [0.25, 0.3) is 0 Å². The van der Waals surface area contributed by atoms with Crippen molar-refractivity contribution in [3.05, 3.63) is 23.5 Å². The van der Waals surface area contributed by atoms with Gasteiger partial charge in [-0.25, -0.2) is 0 Å². The first-order valence-electron chi connectivity index (χ1n) is 7.75. The molecule has 128 valence electrons. The summed E-state index contributed by atoms with van der Waals surface area (Å²) in [5, 5.41) is 0. The van der Waals surface area contributed by atoms with Crippen molar-refractivity contribution in [3.8, 4) is 5.75 Å². The fraction of sp³-hybridized carbons (Fsp3) is 0.625. The van der Waals surface area contributed by atoms with E-state index in [0.717, 1.165) is 11.4 Å². The number of piperidine rings is 1. The highest BCUT2D eigenvalue weighted by Gasteiger charge is 2.42. The molecule has 1 aromatic rings. The normalized spacial score (nSPS) is 18.8. The maximum Gasteiger partial charge on any atom is 0.393 e. The van der Waals surface area contributed by atoms with Crippen LogP contribution in [0, 0.1) is 12.8 Å². The van der Waals surface area contributed by atoms with Gasteiger partial charge < -0.3 is 9.64 Å². The van der Waals surface area contributed by atoms with Gasteiger partial charge in [-0.15, -0.1) is 0 Å². The lowest BCUT2D eigenvalue weighted by Crippen LogP contribution is -2.46. The summed E-state index contributed by atoms with van der Waals surface area (Å²) < 4.78 is 43.8. The number of hydrogen-bond donors (Lipinski definition) is 0. The van der Waals surface area contributed by atoms with Crippen LogP contribution in [-0.4, -0.2) is 41.7 Å². The average molecular weight is 330 g/mol. The summed E-state index contributed by atoms with van der Waals surface area (Å²) in [4.78, 5) is 17.7. The minimum absolute atomic E-state index is 0.0794. The van der Waals surface area contributed by atoms with Crippen molar-refractivity contribution < 1.29 is 22.7 Å². The quantitative estimate of drug-likeness (QED) is 0.852. The maximum atomic E-state index is 12.8. The largest absolute Gasteiger partial charge is 0.482 e. The fourth-order valence-electron chi connectivity index (χ4n) is 2.68. The molecule has 0 bridgehead atoms. The Morgan fingerprint density at radius 3 is 2.83 bits per heavy atom. The molecule has 23 heavy (non-hydrogen) atoms. The van der Waals surface area contributed by atoms with Gasteiger partial charge in [-0.2, -0.15) is 13.2 Å². The lowest BCUT2D eigenvalue weighted by atomic mass is 9.97. The number of likely N-dealkylation sites (tertiary alicyclic amines) is 1. The number of hydrogen-bond acceptors (Lipinski definition) is 3. The van der Waals surface area contributed by atoms with Gasteiger partial charge in [-0.05, 0) is 38.3 Å². The number of carbonyl (C=O) groups is 1. The first-order chi connectivity index (χ1) is 10.8. The zero-order valence-electron chi connectivity index (χ0n) is 13.3. The summed E-state index contributed by atoms with van der Waals surface area (Å²) in [5.74, 6) is -1.34. The van der Waals surface area contributed by atoms with Gasteiger partial charge in [0.05, 0.1) is 11.6 Å². The average Bonchev–Trinajstić information content (AvgIpc) is 2.52. The van der Waals surface area contributed by atoms with Crippen LogP contribution in [0.1, 0.15) is 31.2 Å². The first-order valence-corrected chi connectivity index (χ1v) is 7.75. The number of ether oxygens (including phenoxy) is 1. The van der Waals surface area contributed by atoms with Crippen LogP contribution >= 0.6 is 0 Å². The first kappa shape index (κ1) is 17.6. The zero-order valence-corrected chi connectivity index (χ0v) is 13.3. The van der Waals surface area contributed by atoms with Gasteiger partial charge in [0.1, 0.15) is 5.75 Å². The molecule has 1 saturated heterocycles. The Morgan fingerprint density at radius 2 is 2.17 bits per heavy atom. The van der Waals surface area contributed by atoms with Gasteiger partial charge >= 0.3 is 6.18 Å². The van der Waals surface area contributed by atoms with Crippen molar-refractivity contribution in [1.82, 2.24) is 9.88 Å². The van der Waals surface area contributed by atoms with Crippen molar-refractivity contribution in [2.24, 2.45) is 5.92 Å². The van der Waals surface area contributed by atoms with E-state index in [2.05, 4.69) is 4.98 Å². The molecule has 0 saturated carbocycles. The van der Waals surface area contributed by atoms with Gasteiger partial charge in [0, 0.05) is 18.8 Å². The standard InChI is InChI=1S/C16H21F3N2O2/c1-3-13-14(7-6-11(2)20-13)23-10-15(22)21-8-4-5-12(9-21)16(17,18)19/h6-7,12H,3-5,8-10H2,1-2H3/t12-/m0/s1. The third-order valence-electron chi connectivity index (χ3n) is 3.99. The summed E-state index contributed by atoms with van der Waals surface area (Å²) >= 11 is 0. The minimum Gasteiger partial charge on any atom is -0.482 e. The topological polar surface area (TPSA) is 42.4 Å². The molecule has 2 heterocycles. The van der Waals surface area contributed by atoms with E-state index < -0.39 is 18.0 Å². The van der Waals surface area contributed by atoms with Crippen LogP contribution < -0.4 is 4.74 Å². The molecule has 7 heteroatoms. The second-order valence-electron chi connectivity index (χ2n) is 5.76. The van der Waals surface area contributed by atoms with Gasteiger partial charge in [-0.3, -0.25) is 9.78 Å². The number of alkyl halides is 3. The van der Waals surface area contributed by atoms with Crippen molar-refractivity contribution in [2.45, 2.75) is 39.3 Å². The molecule has 1 aromatic heterocycles. The van der Waals surface area contributed by atoms with Crippen LogP contribution in [0.3, 0.4) is 0 Å². The fourth-order valence-corrected chi connectivity index (χ4v) is 2.68. The molecule has 0 aliphatic carbocycles. The van der Waals surface area contributed by atoms with Crippen molar-refractivity contribution in [1.29, 1.82) is 0 Å². The summed E-state index contributed by atoms with van der Waals surface area (Å²) in [7, 11) is 0. The molecule has 1 atom stereocenters. The molecular weight excluding hydrogens is 309 g/mol. The van der Waals surface area contributed by atoms with Crippen molar-refractivity contribution >= 4 is 5.91 Å². The highest BCUT2D eigenvalue weighted by molar-refractivity contribution is 5.77. The number of nitrogens with zero attached hydrogens (tertiary/aromatic N) is 2. The summed E-state index contributed by atoms with van der Waals surface area (Å²) in [5.41, 5.74) is 1.59. The molecule has 0 spiro atoms. The third-order valence-corrected chi connectivity index (χ3v) is 3.99. The Kier molecular flexibility index (Phi) is 5.49. The molecule has 1 amide bonds. The lowest BCUT2D eigenvalue weighted by molar-refractivity contribution is -0.188. The van der Waals surface area contributed by atoms with Crippen LogP contribution in [-0.2, 0) is 11.2 Å². The highest BCUT2D eigenvalue weighted by atomic mass is 19.4. The van der Waals surface area contributed by atoms with Crippen LogP contribution in [0.2, 0.25) is 0 Å². The lowest BCUT2D eigenvalue weighted by Gasteiger charge is -2.33. The SMILES string of the molecule is CCc1nc(C)ccc1OCC(=O)N1CCC[C@H](C(F)(F)F)C1. The van der Waals surface area contributed by atoms with E-state index in [4.69, 9.17) is 4.74 Å². The van der Waals surface area contributed by atoms with Gasteiger partial charge in [0.25, 0.3) is 5.91 Å². The molecular formula is C16H21F3N2O2. The molecule has 0 unspecified atom stereocenters. The predicted octanol–water partition coefficient (Wildman–Crippen LogP) is 3.13. The molecule has 1 aliphatic heterocycles. The van der Waals surface area contributed by atoms with E-state index in [9.17, 15) is 18.0 Å². The molecule has 1 aliphatic rings. The second kappa shape index (κ2) is 7.19. The number of carbonyl (C=O) groups excluding carboxylic acids is 1. The maximum absolute atomic E-state index is 12.8. The number of aromatic nitrogens is 1. The zero-order chi connectivity index (χ0) is 17.0. The number of halogens is 3. The van der Waals surface area contributed by atoms with E-state index in [1.165, 1.54) is 4.90 Å². The molecule has 0 N–H and O–H groups in total. The van der Waals surface area contributed by atoms with E-state index in [-0.39, 0.29) is 19.6 Å². The number of amides is 1. The van der Waals surface area contributed by atoms with Crippen LogP contribution in [0.5, 0.6) is 5.75 Å². The summed E-state index contributed by atoms with van der Waals surface area (Å²) in [6, 6.07) is 3.52. The number of pyridine rings is 1. The second-order valence-corrected chi connectivity index (χ2v) is 5.76. The Balaban J connectivity index is 1.94. The highest BCUT2D eigenvalue weighted by Crippen LogP contribution is 2.33. The Morgan fingerprint density at radius 1 is 1.43 bits per heavy atom. The summed E-state index contributed by atoms with van der Waals surface area (Å²) in [6.45, 7) is 3.59. The predicted molar refractivity (Wildman–Crippen MR) is 79.2 cm³/mol. The van der Waals surface area contributed by atoms with E-state index in [1.807, 2.05) is 13.8 Å².